The van der Waals surface area contributed by atoms with E-state index in [1.807, 2.05) is 32.0 Å². The number of methoxy groups -OCH3 is 1. The number of halogens is 3. The van der Waals surface area contributed by atoms with Crippen molar-refractivity contribution in [2.45, 2.75) is 58.0 Å². The summed E-state index contributed by atoms with van der Waals surface area (Å²) in [6.45, 7) is 8.77. The number of benzene rings is 1. The van der Waals surface area contributed by atoms with Gasteiger partial charge in [0.25, 0.3) is 0 Å². The minimum Gasteiger partial charge on any atom is -0.598 e. The van der Waals surface area contributed by atoms with Crippen molar-refractivity contribution in [2.75, 3.05) is 7.11 Å². The van der Waals surface area contributed by atoms with Gasteiger partial charge in [-0.1, -0.05) is 18.2 Å². The molecule has 0 aliphatic heterocycles. The van der Waals surface area contributed by atoms with Gasteiger partial charge in [0.2, 0.25) is 0 Å². The fourth-order valence-corrected chi connectivity index (χ4v) is 3.87. The van der Waals surface area contributed by atoms with Crippen LogP contribution < -0.4 is 4.72 Å². The summed E-state index contributed by atoms with van der Waals surface area (Å²) in [5, 5.41) is 0. The Hall–Kier alpha value is -2.10. The molecule has 5 nitrogen and oxygen atoms in total. The number of nitrogens with one attached hydrogen (secondary N) is 1. The molecule has 31 heavy (non-hydrogen) atoms. The quantitative estimate of drug-likeness (QED) is 0.487. The number of hydrogen-bond acceptors (Lipinski definition) is 5. The summed E-state index contributed by atoms with van der Waals surface area (Å²) in [5.74, 6) is -0.656. The molecule has 2 rings (SSSR count). The first-order valence-corrected chi connectivity index (χ1v) is 10.8. The van der Waals surface area contributed by atoms with Crippen LogP contribution >= 0.6 is 0 Å². The van der Waals surface area contributed by atoms with E-state index in [9.17, 15) is 22.5 Å². The van der Waals surface area contributed by atoms with E-state index in [2.05, 4.69) is 9.71 Å². The van der Waals surface area contributed by atoms with E-state index in [1.165, 1.54) is 13.2 Å². The van der Waals surface area contributed by atoms with Crippen LogP contribution in [-0.2, 0) is 27.1 Å². The number of ether oxygens (including phenoxy) is 1. The lowest BCUT2D eigenvalue weighted by molar-refractivity contribution is -0.141. The van der Waals surface area contributed by atoms with Crippen LogP contribution in [0.5, 0.6) is 0 Å². The van der Waals surface area contributed by atoms with Gasteiger partial charge in [0, 0.05) is 11.4 Å². The number of aromatic nitrogens is 1. The third-order valence-electron chi connectivity index (χ3n) is 4.67. The molecule has 2 aromatic rings. The lowest BCUT2D eigenvalue weighted by Crippen LogP contribution is -2.42. The molecule has 1 aromatic carbocycles. The van der Waals surface area contributed by atoms with E-state index in [0.29, 0.717) is 11.1 Å². The van der Waals surface area contributed by atoms with Crippen LogP contribution in [0.15, 0.2) is 30.3 Å². The Kier molecular flexibility index (Phi) is 7.78. The molecule has 0 aliphatic rings. The highest BCUT2D eigenvalue weighted by Crippen LogP contribution is 2.36. The van der Waals surface area contributed by atoms with Crippen LogP contribution in [0.25, 0.3) is 11.1 Å². The number of carbonyl (C=O) groups is 1. The molecule has 0 spiro atoms. The average molecular weight is 457 g/mol. The molecule has 0 radical (unpaired) electrons. The maximum absolute atomic E-state index is 13.7. The van der Waals surface area contributed by atoms with Gasteiger partial charge in [-0.25, -0.2) is 4.98 Å². The van der Waals surface area contributed by atoms with Crippen molar-refractivity contribution in [1.82, 2.24) is 9.71 Å². The van der Waals surface area contributed by atoms with Gasteiger partial charge in [0.05, 0.1) is 19.2 Å². The third-order valence-corrected chi connectivity index (χ3v) is 6.28. The van der Waals surface area contributed by atoms with Crippen LogP contribution in [0.2, 0.25) is 0 Å². The van der Waals surface area contributed by atoms with E-state index in [4.69, 9.17) is 4.74 Å². The summed E-state index contributed by atoms with van der Waals surface area (Å²) in [5.41, 5.74) is 1.48. The molecule has 2 atom stereocenters. The average Bonchev–Trinajstić information content (AvgIpc) is 2.65. The van der Waals surface area contributed by atoms with E-state index >= 15 is 0 Å². The van der Waals surface area contributed by atoms with Crippen LogP contribution in [-0.4, -0.2) is 27.4 Å². The molecule has 0 unspecified atom stereocenters. The summed E-state index contributed by atoms with van der Waals surface area (Å²) in [6, 6.07) is 6.93. The minimum atomic E-state index is -4.69. The first-order valence-electron chi connectivity index (χ1n) is 9.64. The van der Waals surface area contributed by atoms with Crippen LogP contribution in [0.3, 0.4) is 0 Å². The normalized spacial score (nSPS) is 14.3. The zero-order valence-corrected chi connectivity index (χ0v) is 19.2. The molecule has 0 fully saturated rings. The first-order chi connectivity index (χ1) is 14.2. The fourth-order valence-electron chi connectivity index (χ4n) is 3.05. The van der Waals surface area contributed by atoms with Crippen molar-refractivity contribution >= 4 is 17.3 Å². The predicted octanol–water partition coefficient (Wildman–Crippen LogP) is 5.04. The van der Waals surface area contributed by atoms with Crippen molar-refractivity contribution in [3.8, 4) is 11.1 Å². The monoisotopic (exact) mass is 456 g/mol. The molecule has 1 N–H and O–H groups in total. The molecule has 0 saturated carbocycles. The summed E-state index contributed by atoms with van der Waals surface area (Å²) < 4.78 is 60.4. The van der Waals surface area contributed by atoms with Crippen LogP contribution in [0.4, 0.5) is 13.2 Å². The van der Waals surface area contributed by atoms with Crippen molar-refractivity contribution in [1.29, 1.82) is 0 Å². The van der Waals surface area contributed by atoms with E-state index in [0.717, 1.165) is 17.2 Å². The Labute approximate surface area is 183 Å². The zero-order chi connectivity index (χ0) is 23.6. The number of hydrogen-bond donors (Lipinski definition) is 1. The standard InChI is InChI=1S/C22H27F3N2O3S/c1-13-8-7-9-14(2)20(13)15-10-16(26-18(11-15)22(23,24)25)17(12-19(28)30-6)27-31(29)21(3,4)5/h7-11,17,27H,12H2,1-6H3/t17-,31+/m0/s1. The van der Waals surface area contributed by atoms with Gasteiger partial charge >= 0.3 is 12.1 Å². The van der Waals surface area contributed by atoms with Gasteiger partial charge in [-0.15, -0.1) is 4.72 Å². The van der Waals surface area contributed by atoms with Gasteiger partial charge in [-0.3, -0.25) is 4.79 Å². The van der Waals surface area contributed by atoms with Crippen molar-refractivity contribution in [2.24, 2.45) is 0 Å². The summed E-state index contributed by atoms with van der Waals surface area (Å²) in [6.07, 6.45) is -5.01. The van der Waals surface area contributed by atoms with E-state index < -0.39 is 40.0 Å². The molecule has 1 aromatic heterocycles. The molecule has 0 bridgehead atoms. The number of rotatable bonds is 6. The Morgan fingerprint density at radius 1 is 1.19 bits per heavy atom. The fraction of sp³-hybridized carbons (Fsp3) is 0.455. The Morgan fingerprint density at radius 3 is 2.26 bits per heavy atom. The summed E-state index contributed by atoms with van der Waals surface area (Å²) in [4.78, 5) is 15.7. The van der Waals surface area contributed by atoms with E-state index in [-0.39, 0.29) is 12.1 Å². The van der Waals surface area contributed by atoms with Crippen molar-refractivity contribution in [3.05, 3.63) is 52.8 Å². The number of esters is 1. The van der Waals surface area contributed by atoms with Gasteiger partial charge in [0.1, 0.15) is 16.5 Å². The Morgan fingerprint density at radius 2 is 1.77 bits per heavy atom. The molecule has 0 aliphatic carbocycles. The lowest BCUT2D eigenvalue weighted by Gasteiger charge is -2.28. The van der Waals surface area contributed by atoms with Crippen LogP contribution in [0.1, 0.15) is 55.7 Å². The van der Waals surface area contributed by atoms with Gasteiger partial charge in [0.15, 0.2) is 0 Å². The highest BCUT2D eigenvalue weighted by molar-refractivity contribution is 7.90. The highest BCUT2D eigenvalue weighted by Gasteiger charge is 2.36. The molecular formula is C22H27F3N2O3S. The smallest absolute Gasteiger partial charge is 0.433 e. The number of nitrogens with zero attached hydrogens (tertiary/aromatic N) is 1. The number of aryl methyl sites for hydroxylation is 2. The molecule has 9 heteroatoms. The molecular weight excluding hydrogens is 429 g/mol. The zero-order valence-electron chi connectivity index (χ0n) is 18.4. The lowest BCUT2D eigenvalue weighted by atomic mass is 9.94. The second-order valence-corrected chi connectivity index (χ2v) is 10.3. The summed E-state index contributed by atoms with van der Waals surface area (Å²) in [7, 11) is 1.18. The topological polar surface area (TPSA) is 74.3 Å². The van der Waals surface area contributed by atoms with Crippen molar-refractivity contribution in [3.63, 3.8) is 0 Å². The van der Waals surface area contributed by atoms with Gasteiger partial charge in [-0.2, -0.15) is 13.2 Å². The van der Waals surface area contributed by atoms with Crippen LogP contribution in [0, 0.1) is 13.8 Å². The Balaban J connectivity index is 2.68. The molecule has 170 valence electrons. The third kappa shape index (κ3) is 6.44. The second-order valence-electron chi connectivity index (χ2n) is 8.26. The summed E-state index contributed by atoms with van der Waals surface area (Å²) >= 11 is -1.65. The van der Waals surface area contributed by atoms with Gasteiger partial charge < -0.3 is 9.29 Å². The maximum Gasteiger partial charge on any atom is 0.433 e. The Bertz CT molecular complexity index is 922. The maximum atomic E-state index is 13.7. The molecule has 1 heterocycles. The SMILES string of the molecule is COC(=O)C[C@H](N[S@+]([O-])C(C)(C)C)c1cc(-c2c(C)cccc2C)cc(C(F)(F)F)n1. The predicted molar refractivity (Wildman–Crippen MR) is 115 cm³/mol. The minimum absolute atomic E-state index is 0.0320. The second kappa shape index (κ2) is 9.58. The largest absolute Gasteiger partial charge is 0.598 e. The number of carbonyl (C=O) groups excluding carboxylic acids is 1. The molecule has 0 saturated heterocycles. The molecule has 0 amide bonds. The number of pyridine rings is 1. The highest BCUT2D eigenvalue weighted by atomic mass is 32.2. The number of alkyl halides is 3. The van der Waals surface area contributed by atoms with Gasteiger partial charge in [-0.05, 0) is 69.0 Å². The van der Waals surface area contributed by atoms with Crippen molar-refractivity contribution < 1.29 is 27.3 Å². The first kappa shape index (κ1) is 25.2. The van der Waals surface area contributed by atoms with E-state index in [1.54, 1.807) is 20.8 Å².